The number of halogens is 1. The Morgan fingerprint density at radius 2 is 2.25 bits per heavy atom. The van der Waals surface area contributed by atoms with Crippen LogP contribution in [-0.4, -0.2) is 15.6 Å². The average molecular weight is 334 g/mol. The number of hydrogen-bond acceptors (Lipinski definition) is 2. The Balaban J connectivity index is 1.92. The summed E-state index contributed by atoms with van der Waals surface area (Å²) in [5, 5.41) is 3.60. The highest BCUT2D eigenvalue weighted by molar-refractivity contribution is 9.10. The molecule has 3 rings (SSSR count). The molecule has 1 fully saturated rings. The van der Waals surface area contributed by atoms with Gasteiger partial charge in [0.25, 0.3) is 0 Å². The molecule has 1 saturated carbocycles. The third kappa shape index (κ3) is 3.13. The summed E-state index contributed by atoms with van der Waals surface area (Å²) in [6.45, 7) is 3.12. The van der Waals surface area contributed by atoms with Crippen molar-refractivity contribution < 1.29 is 0 Å². The van der Waals surface area contributed by atoms with Gasteiger partial charge in [0, 0.05) is 35.9 Å². The summed E-state index contributed by atoms with van der Waals surface area (Å²) < 4.78 is 3.33. The Kier molecular flexibility index (Phi) is 4.22. The molecular weight excluding hydrogens is 314 g/mol. The van der Waals surface area contributed by atoms with E-state index in [9.17, 15) is 0 Å². The van der Waals surface area contributed by atoms with Gasteiger partial charge in [0.1, 0.15) is 5.82 Å². The molecule has 106 valence electrons. The molecule has 3 nitrogen and oxygen atoms in total. The summed E-state index contributed by atoms with van der Waals surface area (Å²) in [6, 6.07) is 7.23. The van der Waals surface area contributed by atoms with Gasteiger partial charge in [-0.3, -0.25) is 0 Å². The van der Waals surface area contributed by atoms with Gasteiger partial charge in [-0.2, -0.15) is 0 Å². The highest BCUT2D eigenvalue weighted by atomic mass is 79.9. The lowest BCUT2D eigenvalue weighted by molar-refractivity contribution is 0.682. The molecule has 0 atom stereocenters. The third-order valence-corrected chi connectivity index (χ3v) is 4.15. The Labute approximate surface area is 128 Å². The summed E-state index contributed by atoms with van der Waals surface area (Å²) in [5.41, 5.74) is 2.56. The molecule has 1 aliphatic rings. The molecule has 1 heterocycles. The first-order valence-corrected chi connectivity index (χ1v) is 8.11. The molecule has 2 aromatic rings. The predicted molar refractivity (Wildman–Crippen MR) is 85.1 cm³/mol. The number of nitrogens with zero attached hydrogens (tertiary/aromatic N) is 2. The van der Waals surface area contributed by atoms with Crippen LogP contribution in [0.2, 0.25) is 0 Å². The predicted octanol–water partition coefficient (Wildman–Crippen LogP) is 3.84. The van der Waals surface area contributed by atoms with E-state index in [0.29, 0.717) is 0 Å². The van der Waals surface area contributed by atoms with E-state index in [1.54, 1.807) is 0 Å². The maximum absolute atomic E-state index is 4.49. The number of imidazole rings is 1. The van der Waals surface area contributed by atoms with Gasteiger partial charge >= 0.3 is 0 Å². The van der Waals surface area contributed by atoms with Crippen LogP contribution in [0.25, 0.3) is 5.69 Å². The zero-order valence-corrected chi connectivity index (χ0v) is 13.4. The van der Waals surface area contributed by atoms with Gasteiger partial charge in [-0.05, 0) is 37.0 Å². The van der Waals surface area contributed by atoms with Gasteiger partial charge in [-0.25, -0.2) is 4.98 Å². The Morgan fingerprint density at radius 3 is 3.00 bits per heavy atom. The van der Waals surface area contributed by atoms with Gasteiger partial charge in [0.15, 0.2) is 0 Å². The van der Waals surface area contributed by atoms with Crippen LogP contribution in [-0.2, 0) is 13.0 Å². The zero-order valence-electron chi connectivity index (χ0n) is 11.8. The fraction of sp³-hybridized carbons (Fsp3) is 0.438. The molecule has 1 aromatic heterocycles. The molecule has 20 heavy (non-hydrogen) atoms. The van der Waals surface area contributed by atoms with Gasteiger partial charge < -0.3 is 9.88 Å². The SMILES string of the molecule is CCCc1nccn1-c1cc(Br)ccc1CNC1CC1. The van der Waals surface area contributed by atoms with Crippen molar-refractivity contribution in [1.82, 2.24) is 14.9 Å². The van der Waals surface area contributed by atoms with Gasteiger partial charge in [0.2, 0.25) is 0 Å². The molecule has 0 amide bonds. The van der Waals surface area contributed by atoms with Gasteiger partial charge in [-0.15, -0.1) is 0 Å². The van der Waals surface area contributed by atoms with E-state index in [-0.39, 0.29) is 0 Å². The minimum absolute atomic E-state index is 0.726. The zero-order chi connectivity index (χ0) is 13.9. The maximum atomic E-state index is 4.49. The first-order chi connectivity index (χ1) is 9.78. The van der Waals surface area contributed by atoms with Crippen molar-refractivity contribution in [3.63, 3.8) is 0 Å². The number of aryl methyl sites for hydroxylation is 1. The monoisotopic (exact) mass is 333 g/mol. The second-order valence-corrected chi connectivity index (χ2v) is 6.31. The molecule has 4 heteroatoms. The normalized spacial score (nSPS) is 14.7. The second-order valence-electron chi connectivity index (χ2n) is 5.39. The fourth-order valence-corrected chi connectivity index (χ4v) is 2.76. The lowest BCUT2D eigenvalue weighted by atomic mass is 10.1. The van der Waals surface area contributed by atoms with Crippen molar-refractivity contribution in [2.75, 3.05) is 0 Å². The van der Waals surface area contributed by atoms with Crippen LogP contribution >= 0.6 is 15.9 Å². The number of aromatic nitrogens is 2. The Bertz CT molecular complexity index is 587. The molecule has 0 spiro atoms. The van der Waals surface area contributed by atoms with Crippen LogP contribution in [0.5, 0.6) is 0 Å². The lowest BCUT2D eigenvalue weighted by Crippen LogP contribution is -2.17. The highest BCUT2D eigenvalue weighted by Gasteiger charge is 2.20. The summed E-state index contributed by atoms with van der Waals surface area (Å²) >= 11 is 3.58. The Morgan fingerprint density at radius 1 is 1.40 bits per heavy atom. The van der Waals surface area contributed by atoms with Crippen LogP contribution < -0.4 is 5.32 Å². The summed E-state index contributed by atoms with van der Waals surface area (Å²) in [4.78, 5) is 4.49. The van der Waals surface area contributed by atoms with E-state index < -0.39 is 0 Å². The fourth-order valence-electron chi connectivity index (χ4n) is 2.41. The van der Waals surface area contributed by atoms with Crippen molar-refractivity contribution >= 4 is 15.9 Å². The summed E-state index contributed by atoms with van der Waals surface area (Å²) in [7, 11) is 0. The first kappa shape index (κ1) is 13.8. The number of rotatable bonds is 6. The molecular formula is C16H20BrN3. The average Bonchev–Trinajstić information content (AvgIpc) is 3.16. The van der Waals surface area contributed by atoms with Crippen molar-refractivity contribution in [2.24, 2.45) is 0 Å². The first-order valence-electron chi connectivity index (χ1n) is 7.32. The van der Waals surface area contributed by atoms with Crippen molar-refractivity contribution in [3.8, 4) is 5.69 Å². The molecule has 0 saturated heterocycles. The molecule has 1 aromatic carbocycles. The van der Waals surface area contributed by atoms with Crippen molar-refractivity contribution in [3.05, 3.63) is 46.5 Å². The topological polar surface area (TPSA) is 29.9 Å². The standard InChI is InChI=1S/C16H20BrN3/c1-2-3-16-18-8-9-20(16)15-10-13(17)5-4-12(15)11-19-14-6-7-14/h4-5,8-10,14,19H,2-3,6-7,11H2,1H3. The molecule has 0 bridgehead atoms. The second kappa shape index (κ2) is 6.10. The molecule has 0 aliphatic heterocycles. The maximum Gasteiger partial charge on any atom is 0.113 e. The summed E-state index contributed by atoms with van der Waals surface area (Å²) in [6.07, 6.45) is 8.71. The van der Waals surface area contributed by atoms with Crippen molar-refractivity contribution in [2.45, 2.75) is 45.2 Å². The lowest BCUT2D eigenvalue weighted by Gasteiger charge is -2.14. The van der Waals surface area contributed by atoms with Crippen LogP contribution in [0.3, 0.4) is 0 Å². The number of nitrogens with one attached hydrogen (secondary N) is 1. The van der Waals surface area contributed by atoms with Crippen LogP contribution in [0.4, 0.5) is 0 Å². The number of benzene rings is 1. The van der Waals surface area contributed by atoms with Gasteiger partial charge in [-0.1, -0.05) is 28.9 Å². The van der Waals surface area contributed by atoms with Crippen LogP contribution in [0, 0.1) is 0 Å². The van der Waals surface area contributed by atoms with E-state index in [0.717, 1.165) is 35.7 Å². The smallest absolute Gasteiger partial charge is 0.113 e. The van der Waals surface area contributed by atoms with Crippen LogP contribution in [0.1, 0.15) is 37.6 Å². The van der Waals surface area contributed by atoms with E-state index >= 15 is 0 Å². The minimum atomic E-state index is 0.726. The molecule has 0 unspecified atom stereocenters. The van der Waals surface area contributed by atoms with E-state index in [4.69, 9.17) is 0 Å². The largest absolute Gasteiger partial charge is 0.310 e. The van der Waals surface area contributed by atoms with E-state index in [2.05, 4.69) is 62.1 Å². The highest BCUT2D eigenvalue weighted by Crippen LogP contribution is 2.24. The molecule has 1 aliphatic carbocycles. The molecule has 0 radical (unpaired) electrons. The summed E-state index contributed by atoms with van der Waals surface area (Å²) in [5.74, 6) is 1.14. The molecule has 1 N–H and O–H groups in total. The van der Waals surface area contributed by atoms with Gasteiger partial charge in [0.05, 0.1) is 5.69 Å². The van der Waals surface area contributed by atoms with Crippen LogP contribution in [0.15, 0.2) is 35.1 Å². The third-order valence-electron chi connectivity index (χ3n) is 3.66. The number of hydrogen-bond donors (Lipinski definition) is 1. The van der Waals surface area contributed by atoms with Crippen molar-refractivity contribution in [1.29, 1.82) is 0 Å². The quantitative estimate of drug-likeness (QED) is 0.870. The van der Waals surface area contributed by atoms with E-state index in [1.807, 2.05) is 6.20 Å². The minimum Gasteiger partial charge on any atom is -0.310 e. The van der Waals surface area contributed by atoms with E-state index in [1.165, 1.54) is 24.1 Å². The Hall–Kier alpha value is -1.13.